The molecule has 0 heterocycles. The van der Waals surface area contributed by atoms with E-state index < -0.39 is 20.9 Å². The summed E-state index contributed by atoms with van der Waals surface area (Å²) in [7, 11) is -2.79. The van der Waals surface area contributed by atoms with Crippen LogP contribution in [0.25, 0.3) is 11.1 Å². The van der Waals surface area contributed by atoms with Crippen molar-refractivity contribution in [2.24, 2.45) is 23.2 Å². The standard InChI is InChI=1S/C31H33N3O6S/c1-40-29-5-3-2-4-26(29)23-6-8-24(9-7-23)30(35)33-41(38,39)25-10-11-27(28(15-25)34(36)37)32-19-31-16-20-12-21(17-31)14-22(13-20)18-31/h2-11,15,20-22,32H,12-14,16-19H2,1H3,(H,33,35). The maximum absolute atomic E-state index is 13.1. The van der Waals surface area contributed by atoms with Crippen LogP contribution in [-0.2, 0) is 10.0 Å². The van der Waals surface area contributed by atoms with Crippen molar-refractivity contribution in [3.05, 3.63) is 82.4 Å². The monoisotopic (exact) mass is 575 g/mol. The Labute approximate surface area is 239 Å². The third-order valence-electron chi connectivity index (χ3n) is 9.09. The van der Waals surface area contributed by atoms with Crippen LogP contribution in [0.5, 0.6) is 5.75 Å². The van der Waals surface area contributed by atoms with Gasteiger partial charge >= 0.3 is 0 Å². The normalized spacial score (nSPS) is 24.6. The predicted octanol–water partition coefficient (Wildman–Crippen LogP) is 6.02. The zero-order chi connectivity index (χ0) is 28.8. The fourth-order valence-electron chi connectivity index (χ4n) is 7.69. The quantitative estimate of drug-likeness (QED) is 0.236. The Morgan fingerprint density at radius 3 is 2.22 bits per heavy atom. The fraction of sp³-hybridized carbons (Fsp3) is 0.387. The highest BCUT2D eigenvalue weighted by molar-refractivity contribution is 7.90. The Morgan fingerprint density at radius 2 is 1.61 bits per heavy atom. The second-order valence-corrected chi connectivity index (χ2v) is 13.6. The van der Waals surface area contributed by atoms with Gasteiger partial charge in [-0.1, -0.05) is 30.3 Å². The number of nitrogens with zero attached hydrogens (tertiary/aromatic N) is 1. The van der Waals surface area contributed by atoms with Crippen LogP contribution in [-0.4, -0.2) is 32.9 Å². The number of para-hydroxylation sites is 1. The summed E-state index contributed by atoms with van der Waals surface area (Å²) in [5.74, 6) is 2.11. The molecule has 0 unspecified atom stereocenters. The molecule has 0 saturated heterocycles. The molecule has 10 heteroatoms. The molecular formula is C31H33N3O6S. The zero-order valence-corrected chi connectivity index (χ0v) is 23.7. The van der Waals surface area contributed by atoms with Crippen molar-refractivity contribution < 1.29 is 22.9 Å². The molecule has 0 radical (unpaired) electrons. The zero-order valence-electron chi connectivity index (χ0n) is 22.8. The molecule has 0 spiro atoms. The van der Waals surface area contributed by atoms with E-state index in [1.165, 1.54) is 43.5 Å². The van der Waals surface area contributed by atoms with E-state index in [4.69, 9.17) is 4.74 Å². The first-order valence-electron chi connectivity index (χ1n) is 14.0. The van der Waals surface area contributed by atoms with Gasteiger partial charge in [-0.15, -0.1) is 0 Å². The van der Waals surface area contributed by atoms with Crippen LogP contribution in [0.4, 0.5) is 11.4 Å². The number of nitrogens with one attached hydrogen (secondary N) is 2. The number of amides is 1. The van der Waals surface area contributed by atoms with E-state index in [-0.39, 0.29) is 21.6 Å². The number of carbonyl (C=O) groups is 1. The third-order valence-corrected chi connectivity index (χ3v) is 10.4. The van der Waals surface area contributed by atoms with Gasteiger partial charge in [0.25, 0.3) is 21.6 Å². The van der Waals surface area contributed by atoms with E-state index in [1.54, 1.807) is 19.2 Å². The Hall–Kier alpha value is -3.92. The summed E-state index contributed by atoms with van der Waals surface area (Å²) >= 11 is 0. The number of hydrogen-bond donors (Lipinski definition) is 2. The second-order valence-electron chi connectivity index (χ2n) is 11.9. The van der Waals surface area contributed by atoms with Crippen molar-refractivity contribution in [1.29, 1.82) is 0 Å². The molecule has 0 atom stereocenters. The fourth-order valence-corrected chi connectivity index (χ4v) is 8.69. The third kappa shape index (κ3) is 5.40. The molecule has 4 aliphatic carbocycles. The molecule has 41 heavy (non-hydrogen) atoms. The number of ether oxygens (including phenoxy) is 1. The summed E-state index contributed by atoms with van der Waals surface area (Å²) in [6.45, 7) is 0.644. The van der Waals surface area contributed by atoms with E-state index in [9.17, 15) is 23.3 Å². The van der Waals surface area contributed by atoms with E-state index in [0.29, 0.717) is 18.0 Å². The first-order valence-corrected chi connectivity index (χ1v) is 15.5. The summed E-state index contributed by atoms with van der Waals surface area (Å²) < 4.78 is 33.6. The minimum Gasteiger partial charge on any atom is -0.496 e. The topological polar surface area (TPSA) is 128 Å². The lowest BCUT2D eigenvalue weighted by atomic mass is 9.49. The molecule has 4 saturated carbocycles. The molecular weight excluding hydrogens is 542 g/mol. The van der Waals surface area contributed by atoms with Gasteiger partial charge in [0.15, 0.2) is 0 Å². The van der Waals surface area contributed by atoms with E-state index in [0.717, 1.165) is 54.2 Å². The van der Waals surface area contributed by atoms with Gasteiger partial charge in [-0.3, -0.25) is 14.9 Å². The lowest BCUT2D eigenvalue weighted by Gasteiger charge is -2.57. The molecule has 1 amide bonds. The number of nitro benzene ring substituents is 1. The summed E-state index contributed by atoms with van der Waals surface area (Å²) in [4.78, 5) is 23.8. The van der Waals surface area contributed by atoms with Gasteiger partial charge in [0, 0.05) is 23.7 Å². The first kappa shape index (κ1) is 27.3. The van der Waals surface area contributed by atoms with Crippen LogP contribution in [0, 0.1) is 33.3 Å². The van der Waals surface area contributed by atoms with Gasteiger partial charge in [-0.05, 0) is 97.6 Å². The van der Waals surface area contributed by atoms with Crippen LogP contribution >= 0.6 is 0 Å². The molecule has 4 fully saturated rings. The number of methoxy groups -OCH3 is 1. The largest absolute Gasteiger partial charge is 0.496 e. The molecule has 3 aromatic rings. The van der Waals surface area contributed by atoms with Crippen molar-refractivity contribution in [3.8, 4) is 16.9 Å². The van der Waals surface area contributed by atoms with Crippen LogP contribution in [0.2, 0.25) is 0 Å². The summed E-state index contributed by atoms with van der Waals surface area (Å²) in [5, 5.41) is 15.2. The van der Waals surface area contributed by atoms with Crippen LogP contribution in [0.1, 0.15) is 48.9 Å². The molecule has 0 aliphatic heterocycles. The number of hydrogen-bond acceptors (Lipinski definition) is 7. The summed E-state index contributed by atoms with van der Waals surface area (Å²) in [6.07, 6.45) is 7.38. The number of sulfonamides is 1. The average Bonchev–Trinajstić information content (AvgIpc) is 2.95. The van der Waals surface area contributed by atoms with E-state index >= 15 is 0 Å². The van der Waals surface area contributed by atoms with Gasteiger partial charge in [-0.25, -0.2) is 13.1 Å². The average molecular weight is 576 g/mol. The highest BCUT2D eigenvalue weighted by atomic mass is 32.2. The number of benzene rings is 3. The highest BCUT2D eigenvalue weighted by Crippen LogP contribution is 2.60. The number of nitro groups is 1. The maximum atomic E-state index is 13.1. The van der Waals surface area contributed by atoms with E-state index in [2.05, 4.69) is 5.32 Å². The molecule has 4 bridgehead atoms. The highest BCUT2D eigenvalue weighted by Gasteiger charge is 2.50. The minimum atomic E-state index is -4.36. The van der Waals surface area contributed by atoms with Crippen molar-refractivity contribution in [3.63, 3.8) is 0 Å². The molecule has 9 nitrogen and oxygen atoms in total. The lowest BCUT2D eigenvalue weighted by Crippen LogP contribution is -2.49. The smallest absolute Gasteiger partial charge is 0.293 e. The summed E-state index contributed by atoms with van der Waals surface area (Å²) in [5.41, 5.74) is 1.89. The van der Waals surface area contributed by atoms with E-state index in [1.807, 2.05) is 29.0 Å². The molecule has 214 valence electrons. The SMILES string of the molecule is COc1ccccc1-c1ccc(C(=O)NS(=O)(=O)c2ccc(NCC34CC5CC(CC(C5)C3)C4)c([N+](=O)[O-])c2)cc1. The Bertz CT molecular complexity index is 1570. The number of carbonyl (C=O) groups excluding carboxylic acids is 1. The molecule has 7 rings (SSSR count). The number of rotatable bonds is 9. The van der Waals surface area contributed by atoms with Gasteiger partial charge < -0.3 is 10.1 Å². The van der Waals surface area contributed by atoms with Gasteiger partial charge in [0.05, 0.1) is 16.9 Å². The predicted molar refractivity (Wildman–Crippen MR) is 155 cm³/mol. The first-order chi connectivity index (χ1) is 19.6. The minimum absolute atomic E-state index is 0.135. The Kier molecular flexibility index (Phi) is 6.97. The van der Waals surface area contributed by atoms with Crippen LogP contribution in [0.3, 0.4) is 0 Å². The molecule has 4 aliphatic rings. The van der Waals surface area contributed by atoms with Crippen LogP contribution < -0.4 is 14.8 Å². The number of anilines is 1. The van der Waals surface area contributed by atoms with Crippen molar-refractivity contribution in [2.45, 2.75) is 43.4 Å². The van der Waals surface area contributed by atoms with Gasteiger partial charge in [0.2, 0.25) is 0 Å². The van der Waals surface area contributed by atoms with Crippen LogP contribution in [0.15, 0.2) is 71.6 Å². The Morgan fingerprint density at radius 1 is 0.976 bits per heavy atom. The second kappa shape index (κ2) is 10.5. The van der Waals surface area contributed by atoms with Crippen molar-refractivity contribution in [1.82, 2.24) is 4.72 Å². The molecule has 3 aromatic carbocycles. The van der Waals surface area contributed by atoms with Crippen molar-refractivity contribution in [2.75, 3.05) is 19.0 Å². The lowest BCUT2D eigenvalue weighted by molar-refractivity contribution is -0.384. The Balaban J connectivity index is 1.16. The molecule has 0 aromatic heterocycles. The summed E-state index contributed by atoms with van der Waals surface area (Å²) in [6, 6.07) is 17.6. The van der Waals surface area contributed by atoms with Crippen molar-refractivity contribution >= 4 is 27.3 Å². The maximum Gasteiger partial charge on any atom is 0.293 e. The van der Waals surface area contributed by atoms with Gasteiger partial charge in [-0.2, -0.15) is 0 Å². The van der Waals surface area contributed by atoms with Gasteiger partial charge in [0.1, 0.15) is 11.4 Å². The molecule has 2 N–H and O–H groups in total.